The van der Waals surface area contributed by atoms with Gasteiger partial charge in [0.1, 0.15) is 6.10 Å². The van der Waals surface area contributed by atoms with Gasteiger partial charge in [-0.15, -0.1) is 5.10 Å². The molecule has 0 aliphatic heterocycles. The minimum Gasteiger partial charge on any atom is -0.473 e. The van der Waals surface area contributed by atoms with Crippen LogP contribution in [0.25, 0.3) is 16.9 Å². The molecule has 1 aliphatic rings. The van der Waals surface area contributed by atoms with Gasteiger partial charge in [0.25, 0.3) is 0 Å². The minimum absolute atomic E-state index is 0.137. The molecule has 0 aromatic carbocycles. The lowest BCUT2D eigenvalue weighted by Crippen LogP contribution is -2.26. The first-order chi connectivity index (χ1) is 11.2. The van der Waals surface area contributed by atoms with Crippen LogP contribution in [-0.4, -0.2) is 31.9 Å². The summed E-state index contributed by atoms with van der Waals surface area (Å²) in [6.07, 6.45) is 5.18. The topological polar surface area (TPSA) is 59.7 Å². The van der Waals surface area contributed by atoms with E-state index in [1.165, 1.54) is 5.56 Å². The zero-order chi connectivity index (χ0) is 15.8. The molecule has 3 heterocycles. The third-order valence-corrected chi connectivity index (χ3v) is 5.26. The van der Waals surface area contributed by atoms with Crippen molar-refractivity contribution in [1.82, 2.24) is 14.6 Å². The van der Waals surface area contributed by atoms with Gasteiger partial charge in [-0.05, 0) is 49.6 Å². The number of imidazole rings is 1. The number of aryl methyl sites for hydroxylation is 1. The maximum atomic E-state index is 9.59. The van der Waals surface area contributed by atoms with E-state index < -0.39 is 0 Å². The highest BCUT2D eigenvalue weighted by atomic mass is 32.1. The van der Waals surface area contributed by atoms with Crippen molar-refractivity contribution in [2.75, 3.05) is 0 Å². The number of hydrogen-bond acceptors (Lipinski definition) is 5. The number of fused-ring (bicyclic) bond motifs is 1. The molecular formula is C17H19N3O2S. The monoisotopic (exact) mass is 329 g/mol. The molecule has 0 amide bonds. The Labute approximate surface area is 138 Å². The predicted octanol–water partition coefficient (Wildman–Crippen LogP) is 3.45. The highest BCUT2D eigenvalue weighted by Crippen LogP contribution is 2.28. The molecule has 0 unspecified atom stereocenters. The lowest BCUT2D eigenvalue weighted by Gasteiger charge is -2.25. The molecule has 4 rings (SSSR count). The zero-order valence-corrected chi connectivity index (χ0v) is 13.8. The van der Waals surface area contributed by atoms with Gasteiger partial charge in [-0.1, -0.05) is 0 Å². The summed E-state index contributed by atoms with van der Waals surface area (Å²) in [5, 5.41) is 18.5. The largest absolute Gasteiger partial charge is 0.473 e. The van der Waals surface area contributed by atoms with Crippen LogP contribution in [0.2, 0.25) is 0 Å². The average molecular weight is 329 g/mol. The zero-order valence-electron chi connectivity index (χ0n) is 13.0. The summed E-state index contributed by atoms with van der Waals surface area (Å²) in [6, 6.07) is 3.81. The predicted molar refractivity (Wildman–Crippen MR) is 89.9 cm³/mol. The van der Waals surface area contributed by atoms with Gasteiger partial charge in [0, 0.05) is 17.0 Å². The summed E-state index contributed by atoms with van der Waals surface area (Å²) < 4.78 is 7.86. The van der Waals surface area contributed by atoms with Crippen LogP contribution in [0.15, 0.2) is 29.1 Å². The van der Waals surface area contributed by atoms with Gasteiger partial charge in [-0.25, -0.2) is 9.50 Å². The van der Waals surface area contributed by atoms with Gasteiger partial charge in [0.05, 0.1) is 18.0 Å². The molecule has 1 fully saturated rings. The fraction of sp³-hybridized carbons (Fsp3) is 0.412. The molecule has 0 spiro atoms. The second-order valence-electron chi connectivity index (χ2n) is 6.10. The maximum absolute atomic E-state index is 9.59. The number of ether oxygens (including phenoxy) is 1. The Hall–Kier alpha value is -1.92. The number of hydrogen-bond donors (Lipinski definition) is 1. The molecule has 1 saturated carbocycles. The van der Waals surface area contributed by atoms with Crippen molar-refractivity contribution in [3.05, 3.63) is 34.7 Å². The number of rotatable bonds is 3. The van der Waals surface area contributed by atoms with Crippen LogP contribution in [0, 0.1) is 6.92 Å². The highest BCUT2D eigenvalue weighted by molar-refractivity contribution is 7.08. The summed E-state index contributed by atoms with van der Waals surface area (Å²) in [5.74, 6) is 0.617. The van der Waals surface area contributed by atoms with E-state index >= 15 is 0 Å². The van der Waals surface area contributed by atoms with E-state index in [-0.39, 0.29) is 12.2 Å². The standard InChI is InChI=1S/C17H19N3O2S/c1-11-9-23-10-14(11)15-8-18-16-6-7-17(19-20(15)16)22-13-4-2-12(21)3-5-13/h6-10,12-13,21H,2-5H2,1H3. The third kappa shape index (κ3) is 2.84. The molecular weight excluding hydrogens is 310 g/mol. The lowest BCUT2D eigenvalue weighted by atomic mass is 9.95. The number of nitrogens with zero attached hydrogens (tertiary/aromatic N) is 3. The second-order valence-corrected chi connectivity index (χ2v) is 6.85. The highest BCUT2D eigenvalue weighted by Gasteiger charge is 2.21. The van der Waals surface area contributed by atoms with Crippen molar-refractivity contribution < 1.29 is 9.84 Å². The Balaban J connectivity index is 1.63. The molecule has 23 heavy (non-hydrogen) atoms. The molecule has 3 aromatic heterocycles. The normalized spacial score (nSPS) is 21.7. The van der Waals surface area contributed by atoms with E-state index in [4.69, 9.17) is 4.74 Å². The van der Waals surface area contributed by atoms with Gasteiger partial charge in [-0.3, -0.25) is 0 Å². The second kappa shape index (κ2) is 5.94. The fourth-order valence-corrected chi connectivity index (χ4v) is 3.90. The van der Waals surface area contributed by atoms with E-state index in [0.29, 0.717) is 5.88 Å². The van der Waals surface area contributed by atoms with Crippen LogP contribution in [0.3, 0.4) is 0 Å². The number of aromatic nitrogens is 3. The van der Waals surface area contributed by atoms with Crippen LogP contribution in [0.5, 0.6) is 5.88 Å². The van der Waals surface area contributed by atoms with Crippen LogP contribution in [0.1, 0.15) is 31.2 Å². The Morgan fingerprint density at radius 2 is 2.04 bits per heavy atom. The van der Waals surface area contributed by atoms with Gasteiger partial charge < -0.3 is 9.84 Å². The van der Waals surface area contributed by atoms with Crippen LogP contribution < -0.4 is 4.74 Å². The van der Waals surface area contributed by atoms with Crippen LogP contribution in [-0.2, 0) is 0 Å². The molecule has 0 radical (unpaired) electrons. The molecule has 1 N–H and O–H groups in total. The van der Waals surface area contributed by atoms with Gasteiger partial charge in [0.15, 0.2) is 5.65 Å². The van der Waals surface area contributed by atoms with E-state index in [1.54, 1.807) is 11.3 Å². The molecule has 3 aromatic rings. The Morgan fingerprint density at radius 1 is 1.22 bits per heavy atom. The quantitative estimate of drug-likeness (QED) is 0.799. The fourth-order valence-electron chi connectivity index (χ4n) is 3.06. The van der Waals surface area contributed by atoms with Crippen molar-refractivity contribution in [2.24, 2.45) is 0 Å². The Morgan fingerprint density at radius 3 is 2.78 bits per heavy atom. The van der Waals surface area contributed by atoms with Crippen molar-refractivity contribution in [2.45, 2.75) is 44.8 Å². The van der Waals surface area contributed by atoms with Crippen LogP contribution >= 0.6 is 11.3 Å². The van der Waals surface area contributed by atoms with E-state index in [2.05, 4.69) is 27.8 Å². The van der Waals surface area contributed by atoms with Gasteiger partial charge in [0.2, 0.25) is 5.88 Å². The van der Waals surface area contributed by atoms with Crippen molar-refractivity contribution in [3.8, 4) is 17.1 Å². The van der Waals surface area contributed by atoms with E-state index in [0.717, 1.165) is 42.6 Å². The SMILES string of the molecule is Cc1cscc1-c1cnc2ccc(OC3CCC(O)CC3)nn12. The van der Waals surface area contributed by atoms with Gasteiger partial charge in [-0.2, -0.15) is 11.3 Å². The van der Waals surface area contributed by atoms with Crippen molar-refractivity contribution >= 4 is 17.0 Å². The minimum atomic E-state index is -0.174. The average Bonchev–Trinajstić information content (AvgIpc) is 3.15. The first-order valence-electron chi connectivity index (χ1n) is 7.93. The number of aliphatic hydroxyl groups is 1. The first-order valence-corrected chi connectivity index (χ1v) is 8.87. The van der Waals surface area contributed by atoms with Gasteiger partial charge >= 0.3 is 0 Å². The maximum Gasteiger partial charge on any atom is 0.232 e. The number of thiophene rings is 1. The molecule has 0 saturated heterocycles. The summed E-state index contributed by atoms with van der Waals surface area (Å²) in [6.45, 7) is 2.10. The van der Waals surface area contributed by atoms with E-state index in [1.807, 2.05) is 22.8 Å². The van der Waals surface area contributed by atoms with Crippen molar-refractivity contribution in [3.63, 3.8) is 0 Å². The Kier molecular flexibility index (Phi) is 3.79. The summed E-state index contributed by atoms with van der Waals surface area (Å²) >= 11 is 1.68. The van der Waals surface area contributed by atoms with E-state index in [9.17, 15) is 5.11 Å². The number of aliphatic hydroxyl groups excluding tert-OH is 1. The molecule has 1 aliphatic carbocycles. The summed E-state index contributed by atoms with van der Waals surface area (Å²) in [7, 11) is 0. The molecule has 0 bridgehead atoms. The Bertz CT molecular complexity index is 818. The summed E-state index contributed by atoms with van der Waals surface area (Å²) in [5.41, 5.74) is 4.19. The molecule has 0 atom stereocenters. The molecule has 6 heteroatoms. The molecule has 5 nitrogen and oxygen atoms in total. The van der Waals surface area contributed by atoms with Crippen molar-refractivity contribution in [1.29, 1.82) is 0 Å². The molecule has 120 valence electrons. The van der Waals surface area contributed by atoms with Crippen LogP contribution in [0.4, 0.5) is 0 Å². The first kappa shape index (κ1) is 14.7. The summed E-state index contributed by atoms with van der Waals surface area (Å²) in [4.78, 5) is 4.43. The lowest BCUT2D eigenvalue weighted by molar-refractivity contribution is 0.0637. The smallest absolute Gasteiger partial charge is 0.232 e. The third-order valence-electron chi connectivity index (χ3n) is 4.40.